The van der Waals surface area contributed by atoms with Gasteiger partial charge < -0.3 is 14.8 Å². The van der Waals surface area contributed by atoms with Gasteiger partial charge >= 0.3 is 0 Å². The SMILES string of the molecule is COc1ccc(N2C(=O)C(Nc3cccc(C)c3)=C(c3cccs3)C2=O)c(OC)c1. The summed E-state index contributed by atoms with van der Waals surface area (Å²) in [7, 11) is 3.03. The molecule has 1 N–H and O–H groups in total. The van der Waals surface area contributed by atoms with E-state index in [4.69, 9.17) is 9.47 Å². The van der Waals surface area contributed by atoms with Gasteiger partial charge in [0.25, 0.3) is 11.8 Å². The molecule has 0 radical (unpaired) electrons. The average molecular weight is 420 g/mol. The van der Waals surface area contributed by atoms with Crippen LogP contribution in [0.5, 0.6) is 11.5 Å². The van der Waals surface area contributed by atoms with E-state index in [0.717, 1.165) is 21.0 Å². The maximum absolute atomic E-state index is 13.4. The largest absolute Gasteiger partial charge is 0.497 e. The third kappa shape index (κ3) is 3.44. The van der Waals surface area contributed by atoms with E-state index >= 15 is 0 Å². The highest BCUT2D eigenvalue weighted by atomic mass is 32.1. The minimum absolute atomic E-state index is 0.242. The van der Waals surface area contributed by atoms with Gasteiger partial charge in [-0.2, -0.15) is 0 Å². The Morgan fingerprint density at radius 3 is 2.43 bits per heavy atom. The number of hydrogen-bond acceptors (Lipinski definition) is 6. The van der Waals surface area contributed by atoms with Gasteiger partial charge in [-0.25, -0.2) is 4.90 Å². The number of hydrogen-bond donors (Lipinski definition) is 1. The number of methoxy groups -OCH3 is 2. The Labute approximate surface area is 178 Å². The number of carbonyl (C=O) groups is 2. The lowest BCUT2D eigenvalue weighted by Crippen LogP contribution is -2.32. The van der Waals surface area contributed by atoms with Crippen molar-refractivity contribution in [3.63, 3.8) is 0 Å². The van der Waals surface area contributed by atoms with Crippen LogP contribution in [0.25, 0.3) is 5.57 Å². The molecule has 2 aromatic carbocycles. The minimum Gasteiger partial charge on any atom is -0.497 e. The van der Waals surface area contributed by atoms with E-state index in [0.29, 0.717) is 22.8 Å². The number of anilines is 2. The van der Waals surface area contributed by atoms with E-state index in [1.165, 1.54) is 18.4 Å². The third-order valence-electron chi connectivity index (χ3n) is 4.77. The number of amides is 2. The summed E-state index contributed by atoms with van der Waals surface area (Å²) in [6.45, 7) is 1.97. The number of aryl methyl sites for hydroxylation is 1. The van der Waals surface area contributed by atoms with Crippen LogP contribution < -0.4 is 19.7 Å². The highest BCUT2D eigenvalue weighted by Gasteiger charge is 2.42. The van der Waals surface area contributed by atoms with Crippen LogP contribution in [-0.2, 0) is 9.59 Å². The molecule has 1 aliphatic rings. The molecule has 2 heterocycles. The smallest absolute Gasteiger partial charge is 0.282 e. The zero-order valence-corrected chi connectivity index (χ0v) is 17.6. The van der Waals surface area contributed by atoms with Gasteiger partial charge in [-0.15, -0.1) is 11.3 Å². The summed E-state index contributed by atoms with van der Waals surface area (Å²) in [5.41, 5.74) is 2.73. The summed E-state index contributed by atoms with van der Waals surface area (Å²) >= 11 is 1.41. The Morgan fingerprint density at radius 1 is 0.933 bits per heavy atom. The lowest BCUT2D eigenvalue weighted by atomic mass is 10.1. The molecule has 152 valence electrons. The van der Waals surface area contributed by atoms with E-state index in [2.05, 4.69) is 5.32 Å². The molecule has 0 saturated heterocycles. The van der Waals surface area contributed by atoms with Gasteiger partial charge in [0.2, 0.25) is 0 Å². The molecule has 0 atom stereocenters. The van der Waals surface area contributed by atoms with Gasteiger partial charge in [0, 0.05) is 16.6 Å². The van der Waals surface area contributed by atoms with Crippen molar-refractivity contribution in [2.75, 3.05) is 24.4 Å². The first-order valence-electron chi connectivity index (χ1n) is 9.26. The van der Waals surface area contributed by atoms with Crippen LogP contribution in [0.4, 0.5) is 11.4 Å². The average Bonchev–Trinajstić information content (AvgIpc) is 3.35. The summed E-state index contributed by atoms with van der Waals surface area (Å²) in [4.78, 5) is 28.7. The first-order chi connectivity index (χ1) is 14.5. The van der Waals surface area contributed by atoms with Gasteiger partial charge in [-0.05, 0) is 48.2 Å². The molecule has 2 amide bonds. The van der Waals surface area contributed by atoms with E-state index in [1.807, 2.05) is 48.7 Å². The molecule has 6 nitrogen and oxygen atoms in total. The first-order valence-corrected chi connectivity index (χ1v) is 10.1. The number of carbonyl (C=O) groups excluding carboxylic acids is 2. The molecule has 0 bridgehead atoms. The molecule has 1 aliphatic heterocycles. The Hall–Kier alpha value is -3.58. The van der Waals surface area contributed by atoms with Crippen molar-refractivity contribution in [2.45, 2.75) is 6.92 Å². The van der Waals surface area contributed by atoms with Crippen LogP contribution in [-0.4, -0.2) is 26.0 Å². The van der Waals surface area contributed by atoms with Crippen molar-refractivity contribution in [1.29, 1.82) is 0 Å². The van der Waals surface area contributed by atoms with E-state index < -0.39 is 11.8 Å². The zero-order chi connectivity index (χ0) is 21.3. The molecule has 0 spiro atoms. The fourth-order valence-corrected chi connectivity index (χ4v) is 4.12. The number of nitrogens with one attached hydrogen (secondary N) is 1. The van der Waals surface area contributed by atoms with Crippen molar-refractivity contribution < 1.29 is 19.1 Å². The molecule has 7 heteroatoms. The molecule has 0 saturated carbocycles. The second-order valence-electron chi connectivity index (χ2n) is 6.71. The zero-order valence-electron chi connectivity index (χ0n) is 16.8. The highest BCUT2D eigenvalue weighted by Crippen LogP contribution is 2.40. The predicted molar refractivity (Wildman–Crippen MR) is 118 cm³/mol. The minimum atomic E-state index is -0.437. The van der Waals surface area contributed by atoms with Crippen LogP contribution in [0.1, 0.15) is 10.4 Å². The van der Waals surface area contributed by atoms with Crippen LogP contribution in [0.3, 0.4) is 0 Å². The fraction of sp³-hybridized carbons (Fsp3) is 0.130. The van der Waals surface area contributed by atoms with Crippen LogP contribution >= 0.6 is 11.3 Å². The molecule has 0 unspecified atom stereocenters. The van der Waals surface area contributed by atoms with Crippen LogP contribution in [0.15, 0.2) is 65.7 Å². The lowest BCUT2D eigenvalue weighted by Gasteiger charge is -2.19. The van der Waals surface area contributed by atoms with Crippen molar-refractivity contribution >= 4 is 40.1 Å². The first kappa shape index (κ1) is 19.7. The number of nitrogens with zero attached hydrogens (tertiary/aromatic N) is 1. The maximum atomic E-state index is 13.4. The van der Waals surface area contributed by atoms with Gasteiger partial charge in [-0.1, -0.05) is 18.2 Å². The van der Waals surface area contributed by atoms with Crippen LogP contribution in [0, 0.1) is 6.92 Å². The summed E-state index contributed by atoms with van der Waals surface area (Å²) in [5, 5.41) is 5.04. The molecule has 0 fully saturated rings. The molecular formula is C23H20N2O4S. The van der Waals surface area contributed by atoms with E-state index in [-0.39, 0.29) is 5.70 Å². The summed E-state index contributed by atoms with van der Waals surface area (Å²) < 4.78 is 10.7. The molecule has 3 aromatic rings. The Bertz CT molecular complexity index is 1150. The Balaban J connectivity index is 1.81. The Kier molecular flexibility index (Phi) is 5.29. The lowest BCUT2D eigenvalue weighted by molar-refractivity contribution is -0.120. The topological polar surface area (TPSA) is 67.9 Å². The van der Waals surface area contributed by atoms with Crippen LogP contribution in [0.2, 0.25) is 0 Å². The molecule has 30 heavy (non-hydrogen) atoms. The molecular weight excluding hydrogens is 400 g/mol. The predicted octanol–water partition coefficient (Wildman–Crippen LogP) is 4.47. The van der Waals surface area contributed by atoms with Gasteiger partial charge in [-0.3, -0.25) is 9.59 Å². The number of rotatable bonds is 6. The summed E-state index contributed by atoms with van der Waals surface area (Å²) in [5.74, 6) is 0.104. The number of thiophene rings is 1. The fourth-order valence-electron chi connectivity index (χ4n) is 3.35. The maximum Gasteiger partial charge on any atom is 0.282 e. The molecule has 4 rings (SSSR count). The molecule has 1 aromatic heterocycles. The Morgan fingerprint density at radius 2 is 1.77 bits per heavy atom. The monoisotopic (exact) mass is 420 g/mol. The number of benzene rings is 2. The third-order valence-corrected chi connectivity index (χ3v) is 5.65. The van der Waals surface area contributed by atoms with Crippen molar-refractivity contribution in [3.8, 4) is 11.5 Å². The normalized spacial score (nSPS) is 13.8. The number of ether oxygens (including phenoxy) is 2. The summed E-state index contributed by atoms with van der Waals surface area (Å²) in [6.07, 6.45) is 0. The van der Waals surface area contributed by atoms with Crippen molar-refractivity contribution in [2.24, 2.45) is 0 Å². The van der Waals surface area contributed by atoms with E-state index in [9.17, 15) is 9.59 Å². The van der Waals surface area contributed by atoms with E-state index in [1.54, 1.807) is 25.3 Å². The van der Waals surface area contributed by atoms with Gasteiger partial charge in [0.15, 0.2) is 0 Å². The standard InChI is InChI=1S/C23H20N2O4S/c1-14-6-4-7-15(12-14)24-21-20(19-8-5-11-30-19)22(26)25(23(21)27)17-10-9-16(28-2)13-18(17)29-3/h4-13,24H,1-3H3. The molecule has 0 aliphatic carbocycles. The van der Waals surface area contributed by atoms with Gasteiger partial charge in [0.1, 0.15) is 17.2 Å². The quantitative estimate of drug-likeness (QED) is 0.596. The second kappa shape index (κ2) is 8.04. The van der Waals surface area contributed by atoms with Crippen molar-refractivity contribution in [1.82, 2.24) is 0 Å². The van der Waals surface area contributed by atoms with Crippen molar-refractivity contribution in [3.05, 3.63) is 76.1 Å². The summed E-state index contributed by atoms with van der Waals surface area (Å²) in [6, 6.07) is 16.3. The highest BCUT2D eigenvalue weighted by molar-refractivity contribution is 7.11. The van der Waals surface area contributed by atoms with Gasteiger partial charge in [0.05, 0.1) is 25.5 Å². The number of imide groups is 1. The second-order valence-corrected chi connectivity index (χ2v) is 7.65.